The number of aryl methyl sites for hydroxylation is 1. The molecule has 1 unspecified atom stereocenters. The average molecular weight is 293 g/mol. The molecule has 0 radical (unpaired) electrons. The summed E-state index contributed by atoms with van der Waals surface area (Å²) in [5, 5.41) is 2.12. The molecule has 1 fully saturated rings. The second kappa shape index (κ2) is 5.43. The second-order valence-electron chi connectivity index (χ2n) is 4.53. The maximum atomic E-state index is 12.0. The molecular weight excluding hydrogens is 278 g/mol. The summed E-state index contributed by atoms with van der Waals surface area (Å²) in [6, 6.07) is 8.10. The van der Waals surface area contributed by atoms with Crippen molar-refractivity contribution in [3.8, 4) is 0 Å². The lowest BCUT2D eigenvalue weighted by Crippen LogP contribution is -2.30. The summed E-state index contributed by atoms with van der Waals surface area (Å²) in [7, 11) is 0. The van der Waals surface area contributed by atoms with Gasteiger partial charge in [-0.2, -0.15) is 0 Å². The molecule has 0 bridgehead atoms. The zero-order valence-electron chi connectivity index (χ0n) is 10.7. The molecule has 2 aromatic rings. The number of furan rings is 1. The molecule has 0 aromatic carbocycles. The SMILES string of the molecule is Cc1ccc(C2SCC(=O)N2CCc2cccs2)o1. The Labute approximate surface area is 120 Å². The lowest BCUT2D eigenvalue weighted by atomic mass is 10.3. The second-order valence-corrected chi connectivity index (χ2v) is 6.63. The van der Waals surface area contributed by atoms with Crippen molar-refractivity contribution >= 4 is 29.0 Å². The summed E-state index contributed by atoms with van der Waals surface area (Å²) in [5.41, 5.74) is 0. The molecule has 1 aliphatic rings. The third-order valence-corrected chi connectivity index (χ3v) is 5.30. The highest BCUT2D eigenvalue weighted by molar-refractivity contribution is 8.00. The molecule has 3 heterocycles. The first-order chi connectivity index (χ1) is 9.24. The molecule has 1 saturated heterocycles. The van der Waals surface area contributed by atoms with Gasteiger partial charge in [-0.15, -0.1) is 23.1 Å². The van der Waals surface area contributed by atoms with Gasteiger partial charge in [0.25, 0.3) is 0 Å². The summed E-state index contributed by atoms with van der Waals surface area (Å²) in [6.07, 6.45) is 0.917. The Kier molecular flexibility index (Phi) is 3.66. The molecule has 3 rings (SSSR count). The number of thiophene rings is 1. The van der Waals surface area contributed by atoms with Crippen LogP contribution in [-0.2, 0) is 11.2 Å². The number of thioether (sulfide) groups is 1. The Hall–Kier alpha value is -1.20. The van der Waals surface area contributed by atoms with E-state index in [4.69, 9.17) is 4.42 Å². The third kappa shape index (κ3) is 2.72. The Bertz CT molecular complexity index is 562. The third-order valence-electron chi connectivity index (χ3n) is 3.15. The van der Waals surface area contributed by atoms with E-state index >= 15 is 0 Å². The van der Waals surface area contributed by atoms with E-state index in [2.05, 4.69) is 11.4 Å². The van der Waals surface area contributed by atoms with Crippen LogP contribution in [0.5, 0.6) is 0 Å². The van der Waals surface area contributed by atoms with Crippen molar-refractivity contribution in [2.45, 2.75) is 18.7 Å². The van der Waals surface area contributed by atoms with Gasteiger partial charge >= 0.3 is 0 Å². The highest BCUT2D eigenvalue weighted by atomic mass is 32.2. The van der Waals surface area contributed by atoms with Crippen LogP contribution in [0.4, 0.5) is 0 Å². The topological polar surface area (TPSA) is 33.5 Å². The zero-order chi connectivity index (χ0) is 13.2. The summed E-state index contributed by atoms with van der Waals surface area (Å²) < 4.78 is 5.67. The van der Waals surface area contributed by atoms with Crippen molar-refractivity contribution in [3.05, 3.63) is 46.0 Å². The fraction of sp³-hybridized carbons (Fsp3) is 0.357. The van der Waals surface area contributed by atoms with E-state index in [-0.39, 0.29) is 11.3 Å². The van der Waals surface area contributed by atoms with E-state index in [1.807, 2.05) is 30.0 Å². The van der Waals surface area contributed by atoms with Crippen molar-refractivity contribution in [2.75, 3.05) is 12.3 Å². The molecule has 0 N–H and O–H groups in total. The lowest BCUT2D eigenvalue weighted by molar-refractivity contribution is -0.128. The van der Waals surface area contributed by atoms with Crippen molar-refractivity contribution in [1.29, 1.82) is 0 Å². The van der Waals surface area contributed by atoms with Gasteiger partial charge in [0.2, 0.25) is 5.91 Å². The van der Waals surface area contributed by atoms with E-state index in [0.717, 1.165) is 24.5 Å². The van der Waals surface area contributed by atoms with Gasteiger partial charge in [0, 0.05) is 11.4 Å². The molecule has 0 spiro atoms. The van der Waals surface area contributed by atoms with Crippen LogP contribution in [0.15, 0.2) is 34.1 Å². The average Bonchev–Trinajstić information content (AvgIpc) is 3.08. The van der Waals surface area contributed by atoms with E-state index in [1.165, 1.54) is 4.88 Å². The van der Waals surface area contributed by atoms with Crippen LogP contribution in [0, 0.1) is 6.92 Å². The van der Waals surface area contributed by atoms with Gasteiger partial charge in [-0.05, 0) is 36.9 Å². The number of hydrogen-bond acceptors (Lipinski definition) is 4. The first-order valence-electron chi connectivity index (χ1n) is 6.24. The Morgan fingerprint density at radius 2 is 2.32 bits per heavy atom. The smallest absolute Gasteiger partial charge is 0.233 e. The number of rotatable bonds is 4. The van der Waals surface area contributed by atoms with Gasteiger partial charge in [0.05, 0.1) is 5.75 Å². The minimum Gasteiger partial charge on any atom is -0.463 e. The minimum atomic E-state index is 0.0427. The number of nitrogens with zero attached hydrogens (tertiary/aromatic N) is 1. The van der Waals surface area contributed by atoms with Gasteiger partial charge in [-0.3, -0.25) is 4.79 Å². The van der Waals surface area contributed by atoms with Crippen molar-refractivity contribution in [2.24, 2.45) is 0 Å². The maximum absolute atomic E-state index is 12.0. The quantitative estimate of drug-likeness (QED) is 0.865. The highest BCUT2D eigenvalue weighted by Crippen LogP contribution is 2.39. The summed E-state index contributed by atoms with van der Waals surface area (Å²) >= 11 is 3.39. The van der Waals surface area contributed by atoms with Gasteiger partial charge in [0.1, 0.15) is 16.9 Å². The lowest BCUT2D eigenvalue weighted by Gasteiger charge is -2.21. The predicted molar refractivity (Wildman–Crippen MR) is 78.4 cm³/mol. The van der Waals surface area contributed by atoms with E-state index in [1.54, 1.807) is 23.1 Å². The van der Waals surface area contributed by atoms with E-state index in [9.17, 15) is 4.79 Å². The molecule has 0 saturated carbocycles. The molecule has 19 heavy (non-hydrogen) atoms. The number of carbonyl (C=O) groups is 1. The van der Waals surface area contributed by atoms with Crippen LogP contribution in [-0.4, -0.2) is 23.1 Å². The van der Waals surface area contributed by atoms with Crippen molar-refractivity contribution in [3.63, 3.8) is 0 Å². The molecule has 1 aliphatic heterocycles. The first-order valence-corrected chi connectivity index (χ1v) is 8.16. The summed E-state index contributed by atoms with van der Waals surface area (Å²) in [5.74, 6) is 2.54. The molecule has 1 amide bonds. The van der Waals surface area contributed by atoms with Crippen LogP contribution in [0.3, 0.4) is 0 Å². The standard InChI is InChI=1S/C14H15NO2S2/c1-10-4-5-12(17-10)14-15(13(16)9-19-14)7-6-11-3-2-8-18-11/h2-5,8,14H,6-7,9H2,1H3. The van der Waals surface area contributed by atoms with Crippen molar-refractivity contribution in [1.82, 2.24) is 4.90 Å². The number of amides is 1. The van der Waals surface area contributed by atoms with E-state index < -0.39 is 0 Å². The zero-order valence-corrected chi connectivity index (χ0v) is 12.3. The molecule has 1 atom stereocenters. The van der Waals surface area contributed by atoms with Crippen LogP contribution < -0.4 is 0 Å². The summed E-state index contributed by atoms with van der Waals surface area (Å²) in [4.78, 5) is 15.2. The van der Waals surface area contributed by atoms with Crippen LogP contribution in [0.25, 0.3) is 0 Å². The molecule has 0 aliphatic carbocycles. The molecular formula is C14H15NO2S2. The molecule has 2 aromatic heterocycles. The fourth-order valence-electron chi connectivity index (χ4n) is 2.20. The highest BCUT2D eigenvalue weighted by Gasteiger charge is 2.34. The number of hydrogen-bond donors (Lipinski definition) is 0. The summed E-state index contributed by atoms with van der Waals surface area (Å²) in [6.45, 7) is 2.69. The maximum Gasteiger partial charge on any atom is 0.233 e. The Balaban J connectivity index is 1.71. The minimum absolute atomic E-state index is 0.0427. The monoisotopic (exact) mass is 293 g/mol. The normalized spacial score (nSPS) is 19.3. The number of carbonyl (C=O) groups excluding carboxylic acids is 1. The van der Waals surface area contributed by atoms with Crippen LogP contribution in [0.1, 0.15) is 21.8 Å². The largest absolute Gasteiger partial charge is 0.463 e. The molecule has 100 valence electrons. The van der Waals surface area contributed by atoms with Gasteiger partial charge < -0.3 is 9.32 Å². The molecule has 3 nitrogen and oxygen atoms in total. The Morgan fingerprint density at radius 1 is 1.42 bits per heavy atom. The van der Waals surface area contributed by atoms with E-state index in [0.29, 0.717) is 5.75 Å². The van der Waals surface area contributed by atoms with Gasteiger partial charge in [0.15, 0.2) is 0 Å². The van der Waals surface area contributed by atoms with Crippen LogP contribution >= 0.6 is 23.1 Å². The van der Waals surface area contributed by atoms with Crippen LogP contribution in [0.2, 0.25) is 0 Å². The first kappa shape index (κ1) is 12.8. The van der Waals surface area contributed by atoms with Gasteiger partial charge in [-0.25, -0.2) is 0 Å². The molecule has 5 heteroatoms. The van der Waals surface area contributed by atoms with Crippen molar-refractivity contribution < 1.29 is 9.21 Å². The Morgan fingerprint density at radius 3 is 3.00 bits per heavy atom. The van der Waals surface area contributed by atoms with Gasteiger partial charge in [-0.1, -0.05) is 6.07 Å². The fourth-order valence-corrected chi connectivity index (χ4v) is 4.06. The predicted octanol–water partition coefficient (Wildman–Crippen LogP) is 3.47.